The maximum atomic E-state index is 15.1. The monoisotopic (exact) mass is 456 g/mol. The molecule has 3 N–H and O–H groups in total. The summed E-state index contributed by atoms with van der Waals surface area (Å²) < 4.78 is 35.6. The molecular weight excluding hydrogens is 433 g/mol. The van der Waals surface area contributed by atoms with Crippen molar-refractivity contribution in [1.29, 1.82) is 0 Å². The second-order valence-corrected chi connectivity index (χ2v) is 9.42. The lowest BCUT2D eigenvalue weighted by Crippen LogP contribution is -2.50. The molecule has 0 spiro atoms. The lowest BCUT2D eigenvalue weighted by Gasteiger charge is -2.36. The Labute approximate surface area is 184 Å². The van der Waals surface area contributed by atoms with Gasteiger partial charge in [0.25, 0.3) is 0 Å². The molecule has 4 unspecified atom stereocenters. The van der Waals surface area contributed by atoms with E-state index in [0.29, 0.717) is 0 Å². The largest absolute Gasteiger partial charge is 0.459 e. The fourth-order valence-electron chi connectivity index (χ4n) is 4.06. The maximum Gasteiger partial charge on any atom is 0.324 e. The third-order valence-corrected chi connectivity index (χ3v) is 5.90. The lowest BCUT2D eigenvalue weighted by molar-refractivity contribution is -0.157. The van der Waals surface area contributed by atoms with Crippen molar-refractivity contribution in [1.82, 2.24) is 5.32 Å². The summed E-state index contributed by atoms with van der Waals surface area (Å²) in [5, 5.41) is 3.18. The van der Waals surface area contributed by atoms with Crippen LogP contribution in [0.5, 0.6) is 0 Å². The van der Waals surface area contributed by atoms with Crippen LogP contribution in [0.3, 0.4) is 0 Å². The Kier molecular flexibility index (Phi) is 6.18. The van der Waals surface area contributed by atoms with E-state index in [1.54, 1.807) is 33.8 Å². The number of carbonyl (C=O) groups excluding carboxylic acids is 1. The van der Waals surface area contributed by atoms with Crippen LogP contribution < -0.4 is 11.1 Å². The average molecular weight is 457 g/mol. The van der Waals surface area contributed by atoms with E-state index in [1.807, 2.05) is 0 Å². The molecule has 4 nitrogen and oxygen atoms in total. The SMILES string of the molecule is CC1NC(C(=O)OC(C)(C)C)C(c2cccc(Cl)c2F)C1(N)c1ccc(Cl)cc1F. The molecule has 0 amide bonds. The summed E-state index contributed by atoms with van der Waals surface area (Å²) in [4.78, 5) is 13.0. The summed E-state index contributed by atoms with van der Waals surface area (Å²) in [5.41, 5.74) is 4.76. The van der Waals surface area contributed by atoms with Crippen molar-refractivity contribution in [3.63, 3.8) is 0 Å². The molecule has 3 rings (SSSR count). The first-order valence-corrected chi connectivity index (χ1v) is 10.3. The summed E-state index contributed by atoms with van der Waals surface area (Å²) in [5.74, 6) is -2.95. The molecule has 30 heavy (non-hydrogen) atoms. The number of nitrogens with one attached hydrogen (secondary N) is 1. The van der Waals surface area contributed by atoms with Crippen molar-refractivity contribution in [2.75, 3.05) is 0 Å². The molecule has 0 bridgehead atoms. The van der Waals surface area contributed by atoms with Gasteiger partial charge in [-0.25, -0.2) is 8.78 Å². The van der Waals surface area contributed by atoms with E-state index in [0.717, 1.165) is 6.07 Å². The predicted octanol–water partition coefficient (Wildman–Crippen LogP) is 4.91. The fourth-order valence-corrected chi connectivity index (χ4v) is 4.40. The van der Waals surface area contributed by atoms with E-state index in [1.165, 1.54) is 24.3 Å². The van der Waals surface area contributed by atoms with Gasteiger partial charge in [0.15, 0.2) is 0 Å². The molecule has 162 valence electrons. The summed E-state index contributed by atoms with van der Waals surface area (Å²) in [6.07, 6.45) is 0. The van der Waals surface area contributed by atoms with Crippen LogP contribution in [0.2, 0.25) is 10.0 Å². The van der Waals surface area contributed by atoms with Crippen molar-refractivity contribution in [2.45, 2.75) is 56.8 Å². The molecular formula is C22H24Cl2F2N2O2. The molecule has 8 heteroatoms. The van der Waals surface area contributed by atoms with Crippen LogP contribution in [0.15, 0.2) is 36.4 Å². The van der Waals surface area contributed by atoms with Crippen LogP contribution in [-0.4, -0.2) is 23.7 Å². The smallest absolute Gasteiger partial charge is 0.324 e. The molecule has 0 saturated carbocycles. The highest BCUT2D eigenvalue weighted by atomic mass is 35.5. The highest BCUT2D eigenvalue weighted by molar-refractivity contribution is 6.31. The summed E-state index contributed by atoms with van der Waals surface area (Å²) in [7, 11) is 0. The van der Waals surface area contributed by atoms with E-state index in [-0.39, 0.29) is 21.2 Å². The summed E-state index contributed by atoms with van der Waals surface area (Å²) >= 11 is 11.9. The van der Waals surface area contributed by atoms with Crippen LogP contribution in [0.4, 0.5) is 8.78 Å². The Bertz CT molecular complexity index is 980. The molecule has 1 aliphatic heterocycles. The Balaban J connectivity index is 2.22. The molecule has 0 radical (unpaired) electrons. The topological polar surface area (TPSA) is 64.3 Å². The van der Waals surface area contributed by atoms with Crippen LogP contribution in [0, 0.1) is 11.6 Å². The number of ether oxygens (including phenoxy) is 1. The highest BCUT2D eigenvalue weighted by Gasteiger charge is 2.57. The summed E-state index contributed by atoms with van der Waals surface area (Å²) in [6, 6.07) is 6.95. The van der Waals surface area contributed by atoms with Crippen molar-refractivity contribution >= 4 is 29.2 Å². The normalized spacial score (nSPS) is 26.6. The van der Waals surface area contributed by atoms with Gasteiger partial charge in [-0.15, -0.1) is 0 Å². The van der Waals surface area contributed by atoms with Crippen LogP contribution in [0.1, 0.15) is 44.7 Å². The van der Waals surface area contributed by atoms with Crippen molar-refractivity contribution in [3.05, 3.63) is 69.2 Å². The van der Waals surface area contributed by atoms with E-state index >= 15 is 4.39 Å². The molecule has 1 saturated heterocycles. The van der Waals surface area contributed by atoms with Gasteiger partial charge in [0.05, 0.1) is 10.6 Å². The molecule has 2 aromatic rings. The van der Waals surface area contributed by atoms with Gasteiger partial charge >= 0.3 is 5.97 Å². The molecule has 1 fully saturated rings. The number of halogens is 4. The standard InChI is InChI=1S/C22H24Cl2F2N2O2/c1-11-22(27,14-9-8-12(23)10-16(14)25)17(13-6-5-7-15(24)18(13)26)19(28-11)20(29)30-21(2,3)4/h5-11,17,19,28H,27H2,1-4H3. The van der Waals surface area contributed by atoms with Crippen molar-refractivity contribution in [2.24, 2.45) is 5.73 Å². The Morgan fingerprint density at radius 3 is 2.47 bits per heavy atom. The third kappa shape index (κ3) is 4.06. The molecule has 0 aliphatic carbocycles. The Morgan fingerprint density at radius 2 is 1.87 bits per heavy atom. The van der Waals surface area contributed by atoms with E-state index < -0.39 is 46.7 Å². The van der Waals surface area contributed by atoms with Gasteiger partial charge in [0.2, 0.25) is 0 Å². The number of benzene rings is 2. The van der Waals surface area contributed by atoms with Crippen molar-refractivity contribution < 1.29 is 18.3 Å². The number of nitrogens with two attached hydrogens (primary N) is 1. The average Bonchev–Trinajstić information content (AvgIpc) is 2.88. The van der Waals surface area contributed by atoms with Gasteiger partial charge in [-0.05, 0) is 51.5 Å². The molecule has 1 heterocycles. The number of esters is 1. The van der Waals surface area contributed by atoms with Gasteiger partial charge in [-0.1, -0.05) is 41.4 Å². The van der Waals surface area contributed by atoms with Gasteiger partial charge < -0.3 is 10.5 Å². The zero-order valence-corrected chi connectivity index (χ0v) is 18.6. The lowest BCUT2D eigenvalue weighted by atomic mass is 9.71. The molecule has 1 aliphatic rings. The predicted molar refractivity (Wildman–Crippen MR) is 114 cm³/mol. The quantitative estimate of drug-likeness (QED) is 0.643. The molecule has 4 atom stereocenters. The van der Waals surface area contributed by atoms with Gasteiger partial charge in [-0.3, -0.25) is 10.1 Å². The Hall–Kier alpha value is -1.73. The van der Waals surface area contributed by atoms with E-state index in [9.17, 15) is 9.18 Å². The minimum absolute atomic E-state index is 0.104. The second kappa shape index (κ2) is 8.08. The summed E-state index contributed by atoms with van der Waals surface area (Å²) in [6.45, 7) is 6.90. The number of hydrogen-bond donors (Lipinski definition) is 2. The first-order chi connectivity index (χ1) is 13.9. The van der Waals surface area contributed by atoms with Crippen molar-refractivity contribution in [3.8, 4) is 0 Å². The van der Waals surface area contributed by atoms with E-state index in [4.69, 9.17) is 33.7 Å². The zero-order valence-electron chi connectivity index (χ0n) is 17.1. The minimum Gasteiger partial charge on any atom is -0.459 e. The number of carbonyl (C=O) groups is 1. The van der Waals surface area contributed by atoms with E-state index in [2.05, 4.69) is 5.32 Å². The van der Waals surface area contributed by atoms with Gasteiger partial charge in [0.1, 0.15) is 23.3 Å². The van der Waals surface area contributed by atoms with Gasteiger partial charge in [-0.2, -0.15) is 0 Å². The Morgan fingerprint density at radius 1 is 1.20 bits per heavy atom. The highest BCUT2D eigenvalue weighted by Crippen LogP contribution is 2.47. The first kappa shape index (κ1) is 22.9. The van der Waals surface area contributed by atoms with Crippen LogP contribution >= 0.6 is 23.2 Å². The second-order valence-electron chi connectivity index (χ2n) is 8.58. The van der Waals surface area contributed by atoms with Crippen LogP contribution in [0.25, 0.3) is 0 Å². The number of rotatable bonds is 3. The third-order valence-electron chi connectivity index (χ3n) is 5.37. The first-order valence-electron chi connectivity index (χ1n) is 9.53. The molecule has 0 aromatic heterocycles. The number of hydrogen-bond acceptors (Lipinski definition) is 4. The molecule has 2 aromatic carbocycles. The maximum absolute atomic E-state index is 15.1. The van der Waals surface area contributed by atoms with Gasteiger partial charge in [0, 0.05) is 22.5 Å². The zero-order chi connectivity index (χ0) is 22.4. The fraction of sp³-hybridized carbons (Fsp3) is 0.409. The van der Waals surface area contributed by atoms with Crippen LogP contribution in [-0.2, 0) is 15.1 Å². The minimum atomic E-state index is -1.48.